The summed E-state index contributed by atoms with van der Waals surface area (Å²) in [6.45, 7) is 0. The zero-order chi connectivity index (χ0) is 13.7. The summed E-state index contributed by atoms with van der Waals surface area (Å²) < 4.78 is 0. The highest BCUT2D eigenvalue weighted by atomic mass is 16.4. The first-order valence-electron chi connectivity index (χ1n) is 5.41. The van der Waals surface area contributed by atoms with Gasteiger partial charge in [-0.3, -0.25) is 0 Å². The van der Waals surface area contributed by atoms with Gasteiger partial charge in [0.25, 0.3) is 0 Å². The van der Waals surface area contributed by atoms with Crippen LogP contribution in [0, 0.1) is 5.53 Å². The summed E-state index contributed by atoms with van der Waals surface area (Å²) >= 11 is 0. The largest absolute Gasteiger partial charge is 0.478 e. The van der Waals surface area contributed by atoms with Gasteiger partial charge in [-0.25, -0.2) is 10.3 Å². The van der Waals surface area contributed by atoms with Gasteiger partial charge in [0, 0.05) is 0 Å². The molecule has 2 N–H and O–H groups in total. The Kier molecular flexibility index (Phi) is 3.72. The maximum Gasteiger partial charge on any atom is 0.335 e. The topological polar surface area (TPSA) is 98.2 Å². The molecule has 0 spiro atoms. The van der Waals surface area contributed by atoms with Crippen molar-refractivity contribution in [1.29, 1.82) is 5.53 Å². The average molecular weight is 254 g/mol. The molecule has 0 saturated heterocycles. The van der Waals surface area contributed by atoms with Crippen LogP contribution in [0.3, 0.4) is 0 Å². The Bertz CT molecular complexity index is 618. The van der Waals surface area contributed by atoms with Crippen LogP contribution in [0.4, 0.5) is 17.1 Å². The monoisotopic (exact) mass is 254 g/mol. The molecule has 0 atom stereocenters. The van der Waals surface area contributed by atoms with Crippen molar-refractivity contribution in [1.82, 2.24) is 0 Å². The molecule has 0 aromatic heterocycles. The van der Waals surface area contributed by atoms with E-state index < -0.39 is 5.97 Å². The van der Waals surface area contributed by atoms with Gasteiger partial charge in [-0.05, 0) is 48.5 Å². The zero-order valence-corrected chi connectivity index (χ0v) is 9.82. The molecule has 94 valence electrons. The number of benzene rings is 2. The van der Waals surface area contributed by atoms with E-state index in [9.17, 15) is 4.79 Å². The van der Waals surface area contributed by atoms with Crippen LogP contribution in [-0.4, -0.2) is 11.1 Å². The Hall–Kier alpha value is -2.89. The molecule has 6 heteroatoms. The summed E-state index contributed by atoms with van der Waals surface area (Å²) in [5, 5.41) is 20.0. The van der Waals surface area contributed by atoms with Crippen LogP contribution in [0.1, 0.15) is 10.4 Å². The fourth-order valence-electron chi connectivity index (χ4n) is 1.38. The van der Waals surface area contributed by atoms with Gasteiger partial charge in [0.2, 0.25) is 0 Å². The van der Waals surface area contributed by atoms with Crippen LogP contribution < -0.4 is 0 Å². The fourth-order valence-corrected chi connectivity index (χ4v) is 1.38. The molecule has 0 aliphatic carbocycles. The van der Waals surface area contributed by atoms with Crippen molar-refractivity contribution < 1.29 is 9.90 Å². The molecule has 0 saturated carbocycles. The summed E-state index contributed by atoms with van der Waals surface area (Å²) in [6.07, 6.45) is 0. The molecule has 0 bridgehead atoms. The number of rotatable bonds is 4. The lowest BCUT2D eigenvalue weighted by Crippen LogP contribution is -1.93. The van der Waals surface area contributed by atoms with E-state index in [4.69, 9.17) is 10.6 Å². The van der Waals surface area contributed by atoms with Crippen molar-refractivity contribution in [2.75, 3.05) is 0 Å². The third-order valence-corrected chi connectivity index (χ3v) is 2.37. The second-order valence-corrected chi connectivity index (χ2v) is 3.68. The number of carbonyl (C=O) groups is 1. The number of carboxylic acids is 1. The SMILES string of the molecule is N=Nc1ccc(N=Nc2ccc(C(=O)O)cc2)cc1. The number of aromatic carboxylic acids is 1. The van der Waals surface area contributed by atoms with Crippen LogP contribution in [-0.2, 0) is 0 Å². The molecule has 2 aromatic rings. The van der Waals surface area contributed by atoms with Crippen molar-refractivity contribution >= 4 is 23.0 Å². The number of nitrogens with one attached hydrogen (secondary N) is 1. The van der Waals surface area contributed by atoms with E-state index in [1.54, 1.807) is 36.4 Å². The second-order valence-electron chi connectivity index (χ2n) is 3.68. The Labute approximate surface area is 108 Å². The summed E-state index contributed by atoms with van der Waals surface area (Å²) in [4.78, 5) is 10.7. The van der Waals surface area contributed by atoms with E-state index in [1.807, 2.05) is 0 Å². The first-order chi connectivity index (χ1) is 9.19. The van der Waals surface area contributed by atoms with Crippen molar-refractivity contribution in [2.24, 2.45) is 15.3 Å². The predicted octanol–water partition coefficient (Wildman–Crippen LogP) is 4.46. The van der Waals surface area contributed by atoms with Crippen LogP contribution in [0.2, 0.25) is 0 Å². The molecule has 19 heavy (non-hydrogen) atoms. The molecule has 0 aliphatic rings. The first kappa shape index (κ1) is 12.6. The maximum absolute atomic E-state index is 10.7. The Balaban J connectivity index is 2.12. The Morgan fingerprint density at radius 2 is 1.26 bits per heavy atom. The van der Waals surface area contributed by atoms with E-state index in [0.717, 1.165) is 0 Å². The van der Waals surface area contributed by atoms with Crippen molar-refractivity contribution in [3.05, 3.63) is 54.1 Å². The quantitative estimate of drug-likeness (QED) is 0.787. The van der Waals surface area contributed by atoms with Gasteiger partial charge in [-0.15, -0.1) is 0 Å². The summed E-state index contributed by atoms with van der Waals surface area (Å²) in [7, 11) is 0. The van der Waals surface area contributed by atoms with Gasteiger partial charge in [0.15, 0.2) is 0 Å². The highest BCUT2D eigenvalue weighted by Crippen LogP contribution is 2.21. The first-order valence-corrected chi connectivity index (χ1v) is 5.41. The Morgan fingerprint density at radius 3 is 1.68 bits per heavy atom. The van der Waals surface area contributed by atoms with E-state index in [2.05, 4.69) is 15.3 Å². The lowest BCUT2D eigenvalue weighted by atomic mass is 10.2. The lowest BCUT2D eigenvalue weighted by Gasteiger charge is -1.95. The van der Waals surface area contributed by atoms with E-state index >= 15 is 0 Å². The lowest BCUT2D eigenvalue weighted by molar-refractivity contribution is 0.0697. The minimum absolute atomic E-state index is 0.209. The smallest absolute Gasteiger partial charge is 0.335 e. The molecule has 0 amide bonds. The zero-order valence-electron chi connectivity index (χ0n) is 9.82. The van der Waals surface area contributed by atoms with Gasteiger partial charge in [-0.2, -0.15) is 15.3 Å². The number of nitrogens with zero attached hydrogens (tertiary/aromatic N) is 3. The van der Waals surface area contributed by atoms with Gasteiger partial charge in [-0.1, -0.05) is 0 Å². The summed E-state index contributed by atoms with van der Waals surface area (Å²) in [5.74, 6) is -0.974. The summed E-state index contributed by atoms with van der Waals surface area (Å²) in [5.41, 5.74) is 8.79. The number of carboxylic acid groups (broad SMARTS) is 1. The second kappa shape index (κ2) is 5.63. The minimum atomic E-state index is -0.974. The van der Waals surface area contributed by atoms with Crippen LogP contribution in [0.25, 0.3) is 0 Å². The fraction of sp³-hybridized carbons (Fsp3) is 0. The average Bonchev–Trinajstić information content (AvgIpc) is 2.46. The van der Waals surface area contributed by atoms with Crippen LogP contribution >= 0.6 is 0 Å². The molecule has 6 nitrogen and oxygen atoms in total. The van der Waals surface area contributed by atoms with Crippen LogP contribution in [0.15, 0.2) is 63.9 Å². The standard InChI is InChI=1S/C13H10N4O2/c14-15-10-5-7-12(8-6-10)17-16-11-3-1-9(2-4-11)13(18)19/h1-8,14H,(H,18,19). The van der Waals surface area contributed by atoms with Gasteiger partial charge in [0.05, 0.1) is 22.6 Å². The molecule has 0 radical (unpaired) electrons. The third kappa shape index (κ3) is 3.29. The molecule has 0 aliphatic heterocycles. The molecule has 2 aromatic carbocycles. The van der Waals surface area contributed by atoms with Crippen molar-refractivity contribution in [2.45, 2.75) is 0 Å². The molecular formula is C13H10N4O2. The number of hydrogen-bond acceptors (Lipinski definition) is 5. The Morgan fingerprint density at radius 1 is 0.842 bits per heavy atom. The molecule has 0 unspecified atom stereocenters. The summed E-state index contributed by atoms with van der Waals surface area (Å²) in [6, 6.07) is 12.8. The minimum Gasteiger partial charge on any atom is -0.478 e. The van der Waals surface area contributed by atoms with Gasteiger partial charge < -0.3 is 5.11 Å². The van der Waals surface area contributed by atoms with Gasteiger partial charge in [0.1, 0.15) is 0 Å². The van der Waals surface area contributed by atoms with E-state index in [0.29, 0.717) is 17.1 Å². The van der Waals surface area contributed by atoms with E-state index in [-0.39, 0.29) is 5.56 Å². The maximum atomic E-state index is 10.7. The number of azo groups is 1. The number of hydrogen-bond donors (Lipinski definition) is 2. The third-order valence-electron chi connectivity index (χ3n) is 2.37. The molecule has 0 heterocycles. The van der Waals surface area contributed by atoms with Crippen LogP contribution in [0.5, 0.6) is 0 Å². The molecule has 0 fully saturated rings. The van der Waals surface area contributed by atoms with Crippen molar-refractivity contribution in [3.63, 3.8) is 0 Å². The predicted molar refractivity (Wildman–Crippen MR) is 68.8 cm³/mol. The molecular weight excluding hydrogens is 244 g/mol. The highest BCUT2D eigenvalue weighted by molar-refractivity contribution is 5.87. The van der Waals surface area contributed by atoms with Crippen molar-refractivity contribution in [3.8, 4) is 0 Å². The normalized spacial score (nSPS) is 10.5. The highest BCUT2D eigenvalue weighted by Gasteiger charge is 2.00. The molecule has 2 rings (SSSR count). The van der Waals surface area contributed by atoms with E-state index in [1.165, 1.54) is 12.1 Å². The van der Waals surface area contributed by atoms with Gasteiger partial charge >= 0.3 is 5.97 Å².